The van der Waals surface area contributed by atoms with E-state index in [2.05, 4.69) is 21.4 Å². The largest absolute Gasteiger partial charge is 0.254 e. The van der Waals surface area contributed by atoms with Gasteiger partial charge >= 0.3 is 0 Å². The SMILES string of the molecule is c1cnc2c(c1)ncc1sccc12. The third-order valence-electron chi connectivity index (χ3n) is 2.06. The van der Waals surface area contributed by atoms with E-state index in [1.165, 1.54) is 10.1 Å². The highest BCUT2D eigenvalue weighted by molar-refractivity contribution is 7.17. The van der Waals surface area contributed by atoms with Gasteiger partial charge in [-0.05, 0) is 23.6 Å². The minimum absolute atomic E-state index is 0.966. The van der Waals surface area contributed by atoms with E-state index in [1.54, 1.807) is 17.5 Å². The van der Waals surface area contributed by atoms with Crippen LogP contribution in [0.5, 0.6) is 0 Å². The highest BCUT2D eigenvalue weighted by Gasteiger charge is 2.01. The van der Waals surface area contributed by atoms with Gasteiger partial charge in [-0.25, -0.2) is 0 Å². The molecule has 62 valence electrons. The summed E-state index contributed by atoms with van der Waals surface area (Å²) in [6, 6.07) is 5.99. The van der Waals surface area contributed by atoms with Gasteiger partial charge in [0, 0.05) is 17.8 Å². The number of thiophene rings is 1. The number of hydrogen-bond acceptors (Lipinski definition) is 3. The summed E-state index contributed by atoms with van der Waals surface area (Å²) in [5.74, 6) is 0. The molecule has 13 heavy (non-hydrogen) atoms. The van der Waals surface area contributed by atoms with Gasteiger partial charge in [-0.15, -0.1) is 11.3 Å². The molecule has 0 saturated heterocycles. The molecule has 0 bridgehead atoms. The highest BCUT2D eigenvalue weighted by Crippen LogP contribution is 2.25. The number of aromatic nitrogens is 2. The van der Waals surface area contributed by atoms with Crippen molar-refractivity contribution in [2.24, 2.45) is 0 Å². The van der Waals surface area contributed by atoms with E-state index >= 15 is 0 Å². The summed E-state index contributed by atoms with van der Waals surface area (Å²) < 4.78 is 1.20. The lowest BCUT2D eigenvalue weighted by Gasteiger charge is -1.95. The van der Waals surface area contributed by atoms with E-state index < -0.39 is 0 Å². The molecule has 0 spiro atoms. The molecule has 0 fully saturated rings. The van der Waals surface area contributed by atoms with Crippen LogP contribution in [-0.4, -0.2) is 9.97 Å². The van der Waals surface area contributed by atoms with Crippen LogP contribution in [0.4, 0.5) is 0 Å². The van der Waals surface area contributed by atoms with E-state index in [1.807, 2.05) is 18.3 Å². The molecule has 3 heterocycles. The van der Waals surface area contributed by atoms with Crippen molar-refractivity contribution in [2.45, 2.75) is 0 Å². The molecule has 0 aliphatic heterocycles. The topological polar surface area (TPSA) is 25.8 Å². The van der Waals surface area contributed by atoms with E-state index in [0.717, 1.165) is 11.0 Å². The quantitative estimate of drug-likeness (QED) is 0.539. The second-order valence-corrected chi connectivity index (χ2v) is 3.78. The average molecular weight is 186 g/mol. The number of rotatable bonds is 0. The molecule has 2 nitrogen and oxygen atoms in total. The van der Waals surface area contributed by atoms with Crippen LogP contribution in [0.25, 0.3) is 21.1 Å². The van der Waals surface area contributed by atoms with Crippen molar-refractivity contribution in [2.75, 3.05) is 0 Å². The van der Waals surface area contributed by atoms with Crippen molar-refractivity contribution in [3.63, 3.8) is 0 Å². The summed E-state index contributed by atoms with van der Waals surface area (Å²) in [7, 11) is 0. The number of hydrogen-bond donors (Lipinski definition) is 0. The minimum atomic E-state index is 0.966. The second-order valence-electron chi connectivity index (χ2n) is 2.83. The first-order chi connectivity index (χ1) is 6.45. The van der Waals surface area contributed by atoms with Gasteiger partial charge < -0.3 is 0 Å². The smallest absolute Gasteiger partial charge is 0.0973 e. The molecular weight excluding hydrogens is 180 g/mol. The maximum atomic E-state index is 4.33. The van der Waals surface area contributed by atoms with Crippen LogP contribution < -0.4 is 0 Å². The lowest BCUT2D eigenvalue weighted by Crippen LogP contribution is -1.80. The van der Waals surface area contributed by atoms with E-state index in [-0.39, 0.29) is 0 Å². The zero-order valence-corrected chi connectivity index (χ0v) is 7.58. The molecule has 0 unspecified atom stereocenters. The Balaban J connectivity index is 2.65. The average Bonchev–Trinajstić information content (AvgIpc) is 2.65. The fourth-order valence-corrected chi connectivity index (χ4v) is 2.21. The van der Waals surface area contributed by atoms with Crippen molar-refractivity contribution < 1.29 is 0 Å². The van der Waals surface area contributed by atoms with Crippen LogP contribution >= 0.6 is 11.3 Å². The van der Waals surface area contributed by atoms with E-state index in [0.29, 0.717) is 0 Å². The van der Waals surface area contributed by atoms with Crippen LogP contribution in [0, 0.1) is 0 Å². The summed E-state index contributed by atoms with van der Waals surface area (Å²) in [5.41, 5.74) is 1.97. The van der Waals surface area contributed by atoms with Gasteiger partial charge in [-0.2, -0.15) is 0 Å². The molecule has 3 rings (SSSR count). The molecule has 0 aromatic carbocycles. The second kappa shape index (κ2) is 2.50. The lowest BCUT2D eigenvalue weighted by molar-refractivity contribution is 1.37. The Hall–Kier alpha value is -1.48. The first-order valence-corrected chi connectivity index (χ1v) is 4.90. The molecular formula is C10H6N2S. The number of pyridine rings is 2. The summed E-state index contributed by atoms with van der Waals surface area (Å²) >= 11 is 1.70. The summed E-state index contributed by atoms with van der Waals surface area (Å²) in [4.78, 5) is 8.66. The van der Waals surface area contributed by atoms with Crippen molar-refractivity contribution >= 4 is 32.5 Å². The van der Waals surface area contributed by atoms with Crippen molar-refractivity contribution in [3.8, 4) is 0 Å². The summed E-state index contributed by atoms with van der Waals surface area (Å²) in [6.45, 7) is 0. The van der Waals surface area contributed by atoms with Crippen LogP contribution in [0.15, 0.2) is 36.0 Å². The third kappa shape index (κ3) is 0.939. The standard InChI is InChI=1S/C10H6N2S/c1-2-8-10(11-4-1)7-3-5-13-9(7)6-12-8/h1-6H. The molecule has 0 N–H and O–H groups in total. The minimum Gasteiger partial charge on any atom is -0.254 e. The predicted molar refractivity (Wildman–Crippen MR) is 54.9 cm³/mol. The molecule has 0 atom stereocenters. The molecule has 0 radical (unpaired) electrons. The van der Waals surface area contributed by atoms with Gasteiger partial charge in [-0.1, -0.05) is 0 Å². The maximum absolute atomic E-state index is 4.33. The molecule has 0 aliphatic rings. The van der Waals surface area contributed by atoms with Crippen molar-refractivity contribution in [1.29, 1.82) is 0 Å². The molecule has 0 amide bonds. The fraction of sp³-hybridized carbons (Fsp3) is 0. The first-order valence-electron chi connectivity index (χ1n) is 4.02. The van der Waals surface area contributed by atoms with Gasteiger partial charge in [0.25, 0.3) is 0 Å². The Morgan fingerprint density at radius 2 is 2.15 bits per heavy atom. The van der Waals surface area contributed by atoms with Gasteiger partial charge in [0.15, 0.2) is 0 Å². The first kappa shape index (κ1) is 6.97. The Bertz CT molecular complexity index is 571. The van der Waals surface area contributed by atoms with Gasteiger partial charge in [0.2, 0.25) is 0 Å². The van der Waals surface area contributed by atoms with Gasteiger partial charge in [0.05, 0.1) is 15.7 Å². The normalized spacial score (nSPS) is 11.1. The van der Waals surface area contributed by atoms with Crippen molar-refractivity contribution in [3.05, 3.63) is 36.0 Å². The molecule has 0 saturated carbocycles. The molecule has 3 aromatic rings. The summed E-state index contributed by atoms with van der Waals surface area (Å²) in [6.07, 6.45) is 3.71. The Morgan fingerprint density at radius 1 is 1.15 bits per heavy atom. The Morgan fingerprint density at radius 3 is 3.15 bits per heavy atom. The number of fused-ring (bicyclic) bond motifs is 3. The Labute approximate surface area is 78.9 Å². The molecule has 3 aromatic heterocycles. The van der Waals surface area contributed by atoms with Crippen LogP contribution in [0.2, 0.25) is 0 Å². The van der Waals surface area contributed by atoms with Gasteiger partial charge in [-0.3, -0.25) is 9.97 Å². The zero-order valence-electron chi connectivity index (χ0n) is 6.77. The maximum Gasteiger partial charge on any atom is 0.0973 e. The monoisotopic (exact) mass is 186 g/mol. The van der Waals surface area contributed by atoms with Crippen LogP contribution in [0.3, 0.4) is 0 Å². The third-order valence-corrected chi connectivity index (χ3v) is 2.91. The highest BCUT2D eigenvalue weighted by atomic mass is 32.1. The van der Waals surface area contributed by atoms with Crippen LogP contribution in [0.1, 0.15) is 0 Å². The van der Waals surface area contributed by atoms with Gasteiger partial charge in [0.1, 0.15) is 0 Å². The van der Waals surface area contributed by atoms with E-state index in [9.17, 15) is 0 Å². The Kier molecular flexibility index (Phi) is 1.34. The van der Waals surface area contributed by atoms with Crippen LogP contribution in [-0.2, 0) is 0 Å². The van der Waals surface area contributed by atoms with Crippen molar-refractivity contribution in [1.82, 2.24) is 9.97 Å². The fourth-order valence-electron chi connectivity index (χ4n) is 1.45. The predicted octanol–water partition coefficient (Wildman–Crippen LogP) is 2.84. The zero-order chi connectivity index (χ0) is 8.67. The lowest BCUT2D eigenvalue weighted by atomic mass is 10.2. The molecule has 0 aliphatic carbocycles. The summed E-state index contributed by atoms with van der Waals surface area (Å²) in [5, 5.41) is 3.27. The molecule has 3 heteroatoms. The van der Waals surface area contributed by atoms with E-state index in [4.69, 9.17) is 0 Å². The number of nitrogens with zero attached hydrogens (tertiary/aromatic N) is 2.